The molecule has 0 saturated heterocycles. The van der Waals surface area contributed by atoms with Crippen LogP contribution in [0.25, 0.3) is 0 Å². The molecule has 0 aliphatic carbocycles. The van der Waals surface area contributed by atoms with Crippen LogP contribution in [0.15, 0.2) is 30.3 Å². The van der Waals surface area contributed by atoms with Crippen LogP contribution in [0.2, 0.25) is 0 Å². The molecule has 0 aliphatic heterocycles. The van der Waals surface area contributed by atoms with E-state index in [1.807, 2.05) is 30.3 Å². The Hall–Kier alpha value is -2.16. The number of benzene rings is 1. The van der Waals surface area contributed by atoms with E-state index in [9.17, 15) is 9.59 Å². The number of carbonyl (C=O) groups is 2. The molecular formula is C17H29N5O3. The number of hydrogen-bond acceptors (Lipinski definition) is 6. The van der Waals surface area contributed by atoms with Crippen molar-refractivity contribution in [3.8, 4) is 0 Å². The highest BCUT2D eigenvalue weighted by Gasteiger charge is 2.06. The zero-order valence-corrected chi connectivity index (χ0v) is 14.6. The molecule has 140 valence electrons. The molecule has 0 spiro atoms. The Morgan fingerprint density at radius 3 is 2.28 bits per heavy atom. The summed E-state index contributed by atoms with van der Waals surface area (Å²) in [7, 11) is 0. The summed E-state index contributed by atoms with van der Waals surface area (Å²) in [6, 6.07) is 9.40. The van der Waals surface area contributed by atoms with Crippen molar-refractivity contribution in [2.75, 3.05) is 45.8 Å². The zero-order valence-electron chi connectivity index (χ0n) is 14.6. The lowest BCUT2D eigenvalue weighted by Crippen LogP contribution is -2.40. The third-order valence-corrected chi connectivity index (χ3v) is 3.48. The van der Waals surface area contributed by atoms with Gasteiger partial charge in [-0.15, -0.1) is 0 Å². The van der Waals surface area contributed by atoms with Gasteiger partial charge in [0.2, 0.25) is 5.91 Å². The van der Waals surface area contributed by atoms with Crippen molar-refractivity contribution in [2.45, 2.75) is 13.0 Å². The summed E-state index contributed by atoms with van der Waals surface area (Å²) < 4.78 is 5.06. The molecule has 0 aromatic heterocycles. The normalized spacial score (nSPS) is 10.5. The van der Waals surface area contributed by atoms with Crippen LogP contribution in [0.5, 0.6) is 0 Å². The van der Waals surface area contributed by atoms with E-state index in [1.165, 1.54) is 0 Å². The molecule has 1 rings (SSSR count). The predicted octanol–water partition coefficient (Wildman–Crippen LogP) is -0.361. The van der Waals surface area contributed by atoms with Crippen molar-refractivity contribution in [2.24, 2.45) is 11.5 Å². The Labute approximate surface area is 148 Å². The lowest BCUT2D eigenvalue weighted by Gasteiger charge is -2.20. The Morgan fingerprint density at radius 2 is 1.64 bits per heavy atom. The van der Waals surface area contributed by atoms with Crippen molar-refractivity contribution < 1.29 is 14.3 Å². The molecule has 0 aliphatic rings. The van der Waals surface area contributed by atoms with Crippen molar-refractivity contribution in [3.63, 3.8) is 0 Å². The average molecular weight is 351 g/mol. The zero-order chi connectivity index (χ0) is 18.3. The van der Waals surface area contributed by atoms with E-state index < -0.39 is 6.09 Å². The molecule has 2 amide bonds. The Bertz CT molecular complexity index is 492. The second kappa shape index (κ2) is 13.2. The number of alkyl carbamates (subject to hydrolysis) is 1. The maximum Gasteiger partial charge on any atom is 0.407 e. The van der Waals surface area contributed by atoms with Gasteiger partial charge in [0.05, 0.1) is 0 Å². The van der Waals surface area contributed by atoms with Gasteiger partial charge in [0, 0.05) is 52.2 Å². The first-order valence-corrected chi connectivity index (χ1v) is 8.49. The van der Waals surface area contributed by atoms with Gasteiger partial charge in [-0.3, -0.25) is 9.69 Å². The van der Waals surface area contributed by atoms with Gasteiger partial charge in [-0.25, -0.2) is 4.79 Å². The topological polar surface area (TPSA) is 123 Å². The summed E-state index contributed by atoms with van der Waals surface area (Å²) in [5.41, 5.74) is 12.0. The van der Waals surface area contributed by atoms with Gasteiger partial charge in [-0.05, 0) is 5.56 Å². The highest BCUT2D eigenvalue weighted by molar-refractivity contribution is 5.76. The number of carbonyl (C=O) groups excluding carboxylic acids is 2. The van der Waals surface area contributed by atoms with E-state index >= 15 is 0 Å². The van der Waals surface area contributed by atoms with Gasteiger partial charge in [0.1, 0.15) is 6.61 Å². The minimum Gasteiger partial charge on any atom is -0.445 e. The van der Waals surface area contributed by atoms with Gasteiger partial charge >= 0.3 is 6.09 Å². The van der Waals surface area contributed by atoms with Crippen LogP contribution >= 0.6 is 0 Å². The Morgan fingerprint density at radius 1 is 0.960 bits per heavy atom. The Balaban J connectivity index is 2.08. The number of nitrogens with two attached hydrogens (primary N) is 2. The molecular weight excluding hydrogens is 322 g/mol. The van der Waals surface area contributed by atoms with Crippen molar-refractivity contribution in [1.29, 1.82) is 0 Å². The van der Waals surface area contributed by atoms with Gasteiger partial charge in [-0.2, -0.15) is 0 Å². The maximum atomic E-state index is 11.7. The number of hydrogen-bond donors (Lipinski definition) is 4. The van der Waals surface area contributed by atoms with Gasteiger partial charge < -0.3 is 26.8 Å². The monoisotopic (exact) mass is 351 g/mol. The highest BCUT2D eigenvalue weighted by atomic mass is 16.5. The van der Waals surface area contributed by atoms with Crippen molar-refractivity contribution >= 4 is 12.0 Å². The van der Waals surface area contributed by atoms with Crippen LogP contribution in [-0.2, 0) is 16.1 Å². The van der Waals surface area contributed by atoms with E-state index in [0.717, 1.165) is 18.7 Å². The maximum absolute atomic E-state index is 11.7. The van der Waals surface area contributed by atoms with E-state index in [2.05, 4.69) is 15.5 Å². The summed E-state index contributed by atoms with van der Waals surface area (Å²) in [4.78, 5) is 25.4. The largest absolute Gasteiger partial charge is 0.445 e. The van der Waals surface area contributed by atoms with Gasteiger partial charge in [0.25, 0.3) is 0 Å². The summed E-state index contributed by atoms with van der Waals surface area (Å²) in [5.74, 6) is -0.121. The minimum absolute atomic E-state index is 0.121. The second-order valence-corrected chi connectivity index (χ2v) is 5.51. The molecule has 0 radical (unpaired) electrons. The number of nitrogens with zero attached hydrogens (tertiary/aromatic N) is 1. The SMILES string of the molecule is NCCN(CCN)CCNC(=O)CCNC(=O)OCc1ccccc1. The fraction of sp³-hybridized carbons (Fsp3) is 0.529. The van der Waals surface area contributed by atoms with Gasteiger partial charge in [-0.1, -0.05) is 30.3 Å². The molecule has 0 atom stereocenters. The van der Waals surface area contributed by atoms with Crippen LogP contribution < -0.4 is 22.1 Å². The smallest absolute Gasteiger partial charge is 0.407 e. The third-order valence-electron chi connectivity index (χ3n) is 3.48. The fourth-order valence-corrected chi connectivity index (χ4v) is 2.19. The summed E-state index contributed by atoms with van der Waals surface area (Å²) in [5, 5.41) is 5.37. The van der Waals surface area contributed by atoms with Crippen LogP contribution in [0.1, 0.15) is 12.0 Å². The number of amides is 2. The molecule has 0 unspecified atom stereocenters. The predicted molar refractivity (Wildman–Crippen MR) is 96.8 cm³/mol. The molecule has 1 aromatic rings. The molecule has 6 N–H and O–H groups in total. The van der Waals surface area contributed by atoms with E-state index in [0.29, 0.717) is 26.2 Å². The highest BCUT2D eigenvalue weighted by Crippen LogP contribution is 2.00. The molecule has 8 heteroatoms. The average Bonchev–Trinajstić information content (AvgIpc) is 2.61. The van der Waals surface area contributed by atoms with Crippen molar-refractivity contribution in [3.05, 3.63) is 35.9 Å². The van der Waals surface area contributed by atoms with E-state index in [-0.39, 0.29) is 25.5 Å². The molecule has 0 heterocycles. The van der Waals surface area contributed by atoms with E-state index in [4.69, 9.17) is 16.2 Å². The van der Waals surface area contributed by atoms with Crippen LogP contribution in [0, 0.1) is 0 Å². The number of ether oxygens (including phenoxy) is 1. The molecule has 25 heavy (non-hydrogen) atoms. The standard InChI is InChI=1S/C17H29N5O3/c18-7-11-22(12-8-19)13-10-20-16(23)6-9-21-17(24)25-14-15-4-2-1-3-5-15/h1-5H,6-14,18-19H2,(H,20,23)(H,21,24). The summed E-state index contributed by atoms with van der Waals surface area (Å²) in [6.45, 7) is 4.28. The van der Waals surface area contributed by atoms with Crippen LogP contribution in [-0.4, -0.2) is 62.7 Å². The molecule has 0 saturated carbocycles. The lowest BCUT2D eigenvalue weighted by molar-refractivity contribution is -0.121. The first-order chi connectivity index (χ1) is 12.2. The fourth-order valence-electron chi connectivity index (χ4n) is 2.19. The Kier molecular flexibility index (Phi) is 11.0. The van der Waals surface area contributed by atoms with Crippen LogP contribution in [0.3, 0.4) is 0 Å². The lowest BCUT2D eigenvalue weighted by atomic mass is 10.2. The van der Waals surface area contributed by atoms with Crippen LogP contribution in [0.4, 0.5) is 4.79 Å². The first kappa shape index (κ1) is 20.9. The summed E-state index contributed by atoms with van der Waals surface area (Å²) >= 11 is 0. The summed E-state index contributed by atoms with van der Waals surface area (Å²) in [6.07, 6.45) is -0.331. The quantitative estimate of drug-likeness (QED) is 0.408. The minimum atomic E-state index is -0.534. The number of rotatable bonds is 12. The third kappa shape index (κ3) is 10.3. The second-order valence-electron chi connectivity index (χ2n) is 5.51. The van der Waals surface area contributed by atoms with Gasteiger partial charge in [0.15, 0.2) is 0 Å². The molecule has 0 fully saturated rings. The molecule has 0 bridgehead atoms. The van der Waals surface area contributed by atoms with E-state index in [1.54, 1.807) is 0 Å². The molecule has 8 nitrogen and oxygen atoms in total. The molecule has 1 aromatic carbocycles. The number of nitrogens with one attached hydrogen (secondary N) is 2. The van der Waals surface area contributed by atoms with Crippen molar-refractivity contribution in [1.82, 2.24) is 15.5 Å². The first-order valence-electron chi connectivity index (χ1n) is 8.49.